The highest BCUT2D eigenvalue weighted by Gasteiger charge is 2.34. The lowest BCUT2D eigenvalue weighted by atomic mass is 10.1. The summed E-state index contributed by atoms with van der Waals surface area (Å²) in [6.45, 7) is 0.143. The van der Waals surface area contributed by atoms with Gasteiger partial charge in [0, 0.05) is 12.3 Å². The van der Waals surface area contributed by atoms with E-state index in [1.807, 2.05) is 0 Å². The second-order valence-corrected chi connectivity index (χ2v) is 8.78. The van der Waals surface area contributed by atoms with Crippen LogP contribution in [0.2, 0.25) is 5.02 Å². The lowest BCUT2D eigenvalue weighted by Crippen LogP contribution is -2.32. The highest BCUT2D eigenvalue weighted by atomic mass is 35.5. The molecule has 9 heteroatoms. The Balaban J connectivity index is 1.48. The molecule has 0 fully saturated rings. The molecular formula is C24H15ClFN3O3S. The predicted octanol–water partition coefficient (Wildman–Crippen LogP) is 4.57. The number of amides is 2. The predicted molar refractivity (Wildman–Crippen MR) is 125 cm³/mol. The third kappa shape index (κ3) is 3.71. The standard InChI is InChI=1S/C24H15ClFN3O3S/c25-18-13-14(9-10-19(18)26)29-23(32)17-7-3-4-8-20(17)27-24(29)33-12-11-28-21(30)15-5-1-2-6-16(15)22(28)31/h1-10,13H,11-12H2. The van der Waals surface area contributed by atoms with Crippen LogP contribution < -0.4 is 5.56 Å². The first-order valence-electron chi connectivity index (χ1n) is 10.0. The van der Waals surface area contributed by atoms with Crippen molar-refractivity contribution in [1.82, 2.24) is 14.5 Å². The Labute approximate surface area is 196 Å². The van der Waals surface area contributed by atoms with Gasteiger partial charge in [0.2, 0.25) is 0 Å². The van der Waals surface area contributed by atoms with Crippen molar-refractivity contribution in [2.24, 2.45) is 0 Å². The number of benzene rings is 3. The van der Waals surface area contributed by atoms with Crippen molar-refractivity contribution >= 4 is 46.1 Å². The zero-order chi connectivity index (χ0) is 23.1. The number of fused-ring (bicyclic) bond motifs is 2. The fraction of sp³-hybridized carbons (Fsp3) is 0.0833. The molecule has 0 atom stereocenters. The molecule has 1 aromatic heterocycles. The van der Waals surface area contributed by atoms with E-state index in [0.717, 1.165) is 0 Å². The lowest BCUT2D eigenvalue weighted by Gasteiger charge is -2.16. The van der Waals surface area contributed by atoms with Crippen LogP contribution in [0.25, 0.3) is 16.6 Å². The molecule has 6 nitrogen and oxygen atoms in total. The number of rotatable bonds is 5. The van der Waals surface area contributed by atoms with Crippen LogP contribution in [0.1, 0.15) is 20.7 Å². The number of hydrogen-bond donors (Lipinski definition) is 0. The number of imide groups is 1. The Morgan fingerprint density at radius 3 is 2.27 bits per heavy atom. The summed E-state index contributed by atoms with van der Waals surface area (Å²) in [4.78, 5) is 44.3. The van der Waals surface area contributed by atoms with E-state index in [4.69, 9.17) is 11.6 Å². The van der Waals surface area contributed by atoms with Crippen LogP contribution in [-0.2, 0) is 0 Å². The summed E-state index contributed by atoms with van der Waals surface area (Å²) < 4.78 is 15.1. The van der Waals surface area contributed by atoms with Crippen LogP contribution in [0, 0.1) is 5.82 Å². The van der Waals surface area contributed by atoms with Crippen molar-refractivity contribution in [3.05, 3.63) is 99.1 Å². The molecule has 0 N–H and O–H groups in total. The molecule has 1 aliphatic heterocycles. The molecule has 0 saturated heterocycles. The maximum absolute atomic E-state index is 13.7. The molecule has 4 aromatic rings. The zero-order valence-corrected chi connectivity index (χ0v) is 18.6. The fourth-order valence-corrected chi connectivity index (χ4v) is 4.84. The second kappa shape index (κ2) is 8.46. The topological polar surface area (TPSA) is 72.3 Å². The Hall–Kier alpha value is -3.49. The number of aromatic nitrogens is 2. The van der Waals surface area contributed by atoms with Crippen LogP contribution in [-0.4, -0.2) is 38.6 Å². The van der Waals surface area contributed by atoms with E-state index < -0.39 is 5.82 Å². The van der Waals surface area contributed by atoms with Crippen molar-refractivity contribution in [2.75, 3.05) is 12.3 Å². The van der Waals surface area contributed by atoms with E-state index >= 15 is 0 Å². The molecule has 3 aromatic carbocycles. The minimum absolute atomic E-state index is 0.116. The lowest BCUT2D eigenvalue weighted by molar-refractivity contribution is 0.0664. The fourth-order valence-electron chi connectivity index (χ4n) is 3.73. The second-order valence-electron chi connectivity index (χ2n) is 7.31. The third-order valence-corrected chi connectivity index (χ3v) is 6.54. The Kier molecular flexibility index (Phi) is 5.47. The number of halogens is 2. The van der Waals surface area contributed by atoms with Gasteiger partial charge in [-0.3, -0.25) is 23.9 Å². The molecule has 0 aliphatic carbocycles. The van der Waals surface area contributed by atoms with E-state index in [0.29, 0.717) is 38.6 Å². The van der Waals surface area contributed by atoms with E-state index in [9.17, 15) is 18.8 Å². The van der Waals surface area contributed by atoms with Crippen molar-refractivity contribution in [1.29, 1.82) is 0 Å². The Morgan fingerprint density at radius 2 is 1.58 bits per heavy atom. The van der Waals surface area contributed by atoms with E-state index in [-0.39, 0.29) is 28.9 Å². The first-order chi connectivity index (χ1) is 16.0. The number of nitrogens with zero attached hydrogens (tertiary/aromatic N) is 3. The van der Waals surface area contributed by atoms with Crippen LogP contribution >= 0.6 is 23.4 Å². The van der Waals surface area contributed by atoms with Crippen LogP contribution in [0.3, 0.4) is 0 Å². The normalized spacial score (nSPS) is 13.1. The minimum Gasteiger partial charge on any atom is -0.273 e. The summed E-state index contributed by atoms with van der Waals surface area (Å²) >= 11 is 7.17. The zero-order valence-electron chi connectivity index (χ0n) is 17.0. The average molecular weight is 480 g/mol. The molecule has 164 valence electrons. The average Bonchev–Trinajstić information content (AvgIpc) is 3.06. The van der Waals surface area contributed by atoms with Gasteiger partial charge < -0.3 is 0 Å². The van der Waals surface area contributed by atoms with Crippen LogP contribution in [0.4, 0.5) is 4.39 Å². The third-order valence-electron chi connectivity index (χ3n) is 5.33. The molecule has 0 saturated carbocycles. The summed E-state index contributed by atoms with van der Waals surface area (Å²) in [5.74, 6) is -0.969. The SMILES string of the molecule is O=C1c2ccccc2C(=O)N1CCSc1nc2ccccc2c(=O)n1-c1ccc(F)c(Cl)c1. The van der Waals surface area contributed by atoms with Gasteiger partial charge in [-0.1, -0.05) is 47.6 Å². The number of para-hydroxylation sites is 1. The van der Waals surface area contributed by atoms with E-state index in [1.165, 1.54) is 39.4 Å². The molecular weight excluding hydrogens is 465 g/mol. The smallest absolute Gasteiger partial charge is 0.266 e. The quantitative estimate of drug-likeness (QED) is 0.238. The highest BCUT2D eigenvalue weighted by Crippen LogP contribution is 2.26. The van der Waals surface area contributed by atoms with Gasteiger partial charge in [-0.2, -0.15) is 0 Å². The summed E-state index contributed by atoms with van der Waals surface area (Å²) in [5, 5.41) is 0.634. The number of carbonyl (C=O) groups excluding carboxylic acids is 2. The van der Waals surface area contributed by atoms with Crippen molar-refractivity contribution in [3.63, 3.8) is 0 Å². The molecule has 0 unspecified atom stereocenters. The minimum atomic E-state index is -0.595. The summed E-state index contributed by atoms with van der Waals surface area (Å²) in [6.07, 6.45) is 0. The molecule has 2 heterocycles. The maximum Gasteiger partial charge on any atom is 0.266 e. The summed E-state index contributed by atoms with van der Waals surface area (Å²) in [5.41, 5.74) is 1.32. The van der Waals surface area contributed by atoms with Gasteiger partial charge in [0.05, 0.1) is 32.7 Å². The monoisotopic (exact) mass is 479 g/mol. The highest BCUT2D eigenvalue weighted by molar-refractivity contribution is 7.99. The molecule has 0 bridgehead atoms. The number of carbonyl (C=O) groups is 2. The van der Waals surface area contributed by atoms with Crippen LogP contribution in [0.5, 0.6) is 0 Å². The van der Waals surface area contributed by atoms with Gasteiger partial charge in [-0.05, 0) is 42.5 Å². The van der Waals surface area contributed by atoms with Gasteiger partial charge in [-0.15, -0.1) is 0 Å². The molecule has 5 rings (SSSR count). The van der Waals surface area contributed by atoms with Gasteiger partial charge in [0.25, 0.3) is 17.4 Å². The van der Waals surface area contributed by atoms with Crippen molar-refractivity contribution < 1.29 is 14.0 Å². The first kappa shape index (κ1) is 21.4. The van der Waals surface area contributed by atoms with Gasteiger partial charge in [0.1, 0.15) is 5.82 Å². The van der Waals surface area contributed by atoms with E-state index in [2.05, 4.69) is 4.98 Å². The van der Waals surface area contributed by atoms with Gasteiger partial charge in [0.15, 0.2) is 5.16 Å². The van der Waals surface area contributed by atoms with Gasteiger partial charge in [-0.25, -0.2) is 9.37 Å². The Morgan fingerprint density at radius 1 is 0.909 bits per heavy atom. The van der Waals surface area contributed by atoms with Crippen LogP contribution in [0.15, 0.2) is 76.7 Å². The Bertz CT molecular complexity index is 1470. The van der Waals surface area contributed by atoms with E-state index in [1.54, 1.807) is 48.5 Å². The molecule has 33 heavy (non-hydrogen) atoms. The molecule has 1 aliphatic rings. The summed E-state index contributed by atoms with van der Waals surface area (Å²) in [7, 11) is 0. The number of hydrogen-bond acceptors (Lipinski definition) is 5. The first-order valence-corrected chi connectivity index (χ1v) is 11.4. The van der Waals surface area contributed by atoms with Crippen molar-refractivity contribution in [3.8, 4) is 5.69 Å². The van der Waals surface area contributed by atoms with Crippen molar-refractivity contribution in [2.45, 2.75) is 5.16 Å². The maximum atomic E-state index is 13.7. The summed E-state index contributed by atoms with van der Waals surface area (Å²) in [6, 6.07) is 17.6. The molecule has 0 radical (unpaired) electrons. The van der Waals surface area contributed by atoms with Gasteiger partial charge >= 0.3 is 0 Å². The molecule has 0 spiro atoms. The largest absolute Gasteiger partial charge is 0.273 e. The number of thioether (sulfide) groups is 1. The molecule has 2 amide bonds.